The molecular weight excluding hydrogens is 340 g/mol. The lowest BCUT2D eigenvalue weighted by Gasteiger charge is -2.13. The number of nitrogens with zero attached hydrogens (tertiary/aromatic N) is 3. The van der Waals surface area contributed by atoms with E-state index in [-0.39, 0.29) is 5.75 Å². The third-order valence-electron chi connectivity index (χ3n) is 4.19. The minimum absolute atomic E-state index is 0.138. The number of fused-ring (bicyclic) bond motifs is 1. The Morgan fingerprint density at radius 2 is 1.85 bits per heavy atom. The summed E-state index contributed by atoms with van der Waals surface area (Å²) in [4.78, 5) is 12.7. The highest BCUT2D eigenvalue weighted by atomic mass is 16.5. The highest BCUT2D eigenvalue weighted by Gasteiger charge is 2.10. The zero-order valence-corrected chi connectivity index (χ0v) is 15.0. The van der Waals surface area contributed by atoms with Crippen LogP contribution in [0.4, 0.5) is 11.5 Å². The van der Waals surface area contributed by atoms with Crippen LogP contribution < -0.4 is 10.1 Å². The van der Waals surface area contributed by atoms with Crippen molar-refractivity contribution in [2.75, 3.05) is 5.32 Å². The summed E-state index contributed by atoms with van der Waals surface area (Å²) in [5, 5.41) is 14.0. The summed E-state index contributed by atoms with van der Waals surface area (Å²) in [7, 11) is 0. The molecule has 0 aliphatic rings. The Labute approximate surface area is 156 Å². The van der Waals surface area contributed by atoms with E-state index in [4.69, 9.17) is 4.74 Å². The molecule has 27 heavy (non-hydrogen) atoms. The zero-order valence-electron chi connectivity index (χ0n) is 15.0. The summed E-state index contributed by atoms with van der Waals surface area (Å²) >= 11 is 0. The molecule has 134 valence electrons. The lowest BCUT2D eigenvalue weighted by Crippen LogP contribution is -1.97. The number of phenolic OH excluding ortho intramolecular Hbond substituents is 1. The summed E-state index contributed by atoms with van der Waals surface area (Å²) in [5.41, 5.74) is 3.42. The largest absolute Gasteiger partial charge is 0.507 e. The number of rotatable bonds is 4. The van der Waals surface area contributed by atoms with E-state index < -0.39 is 0 Å². The topological polar surface area (TPSA) is 80.2 Å². The van der Waals surface area contributed by atoms with E-state index in [1.807, 2.05) is 50.2 Å². The molecule has 0 spiro atoms. The number of pyridine rings is 1. The Hall–Kier alpha value is -3.67. The maximum absolute atomic E-state index is 10.2. The molecule has 2 aromatic carbocycles. The third-order valence-corrected chi connectivity index (χ3v) is 4.19. The van der Waals surface area contributed by atoms with Crippen LogP contribution in [0.2, 0.25) is 0 Å². The number of aromatic hydroxyl groups is 1. The summed E-state index contributed by atoms with van der Waals surface area (Å²) in [6.07, 6.45) is 3.18. The maximum Gasteiger partial charge on any atom is 0.145 e. The Balaban J connectivity index is 1.61. The number of hydrogen-bond acceptors (Lipinski definition) is 6. The molecule has 2 heterocycles. The van der Waals surface area contributed by atoms with Gasteiger partial charge >= 0.3 is 0 Å². The number of phenols is 1. The molecule has 2 N–H and O–H groups in total. The highest BCUT2D eigenvalue weighted by Crippen LogP contribution is 2.32. The van der Waals surface area contributed by atoms with Gasteiger partial charge in [0.15, 0.2) is 0 Å². The van der Waals surface area contributed by atoms with E-state index in [1.165, 1.54) is 6.33 Å². The van der Waals surface area contributed by atoms with E-state index in [1.54, 1.807) is 18.3 Å². The number of benzene rings is 2. The first-order valence-electron chi connectivity index (χ1n) is 8.51. The van der Waals surface area contributed by atoms with Gasteiger partial charge in [0.05, 0.1) is 17.1 Å². The van der Waals surface area contributed by atoms with Gasteiger partial charge in [-0.05, 0) is 61.9 Å². The van der Waals surface area contributed by atoms with Gasteiger partial charge in [0.1, 0.15) is 29.4 Å². The second-order valence-electron chi connectivity index (χ2n) is 6.24. The average Bonchev–Trinajstić information content (AvgIpc) is 2.66. The fourth-order valence-electron chi connectivity index (χ4n) is 2.81. The normalized spacial score (nSPS) is 10.7. The molecule has 4 aromatic rings. The second-order valence-corrected chi connectivity index (χ2v) is 6.24. The Kier molecular flexibility index (Phi) is 4.30. The van der Waals surface area contributed by atoms with Gasteiger partial charge in [-0.25, -0.2) is 9.97 Å². The van der Waals surface area contributed by atoms with Crippen molar-refractivity contribution in [1.29, 1.82) is 0 Å². The second kappa shape index (κ2) is 6.92. The molecule has 0 bridgehead atoms. The van der Waals surface area contributed by atoms with Crippen molar-refractivity contribution < 1.29 is 9.84 Å². The Morgan fingerprint density at radius 1 is 0.963 bits per heavy atom. The van der Waals surface area contributed by atoms with Gasteiger partial charge in [0.25, 0.3) is 0 Å². The number of nitrogens with one attached hydrogen (secondary N) is 1. The molecular formula is C21H18N4O2. The molecule has 0 atom stereocenters. The SMILES string of the molecule is Cc1ccc(Oc2ccc(Nc3ncnc4cccc(O)c34)cc2C)cn1. The quantitative estimate of drug-likeness (QED) is 0.541. The minimum Gasteiger partial charge on any atom is -0.507 e. The van der Waals surface area contributed by atoms with Gasteiger partial charge in [-0.2, -0.15) is 0 Å². The van der Waals surface area contributed by atoms with Crippen LogP contribution in [0.1, 0.15) is 11.3 Å². The smallest absolute Gasteiger partial charge is 0.145 e. The standard InChI is InChI=1S/C21H18N4O2/c1-13-10-15(7-9-19(13)27-16-8-6-14(2)22-11-16)25-21-20-17(23-12-24-21)4-3-5-18(20)26/h3-12,26H,1-2H3,(H,23,24,25). The molecule has 0 fully saturated rings. The number of aryl methyl sites for hydroxylation is 2. The highest BCUT2D eigenvalue weighted by molar-refractivity contribution is 5.95. The van der Waals surface area contributed by atoms with E-state index in [0.29, 0.717) is 22.5 Å². The molecule has 0 saturated heterocycles. The molecule has 0 unspecified atom stereocenters. The third kappa shape index (κ3) is 3.50. The van der Waals surface area contributed by atoms with Crippen molar-refractivity contribution in [2.45, 2.75) is 13.8 Å². The number of aromatic nitrogens is 3. The number of ether oxygens (including phenoxy) is 1. The fourth-order valence-corrected chi connectivity index (χ4v) is 2.81. The predicted octanol–water partition coefficient (Wildman–Crippen LogP) is 4.88. The fraction of sp³-hybridized carbons (Fsp3) is 0.0952. The molecule has 0 amide bonds. The molecule has 0 saturated carbocycles. The van der Waals surface area contributed by atoms with Crippen molar-refractivity contribution in [3.05, 3.63) is 72.3 Å². The molecule has 0 aliphatic carbocycles. The van der Waals surface area contributed by atoms with Crippen LogP contribution in [0, 0.1) is 13.8 Å². The first-order valence-corrected chi connectivity index (χ1v) is 8.51. The average molecular weight is 358 g/mol. The van der Waals surface area contributed by atoms with Gasteiger partial charge in [0.2, 0.25) is 0 Å². The first-order chi connectivity index (χ1) is 13.1. The van der Waals surface area contributed by atoms with Crippen molar-refractivity contribution in [1.82, 2.24) is 15.0 Å². The van der Waals surface area contributed by atoms with Crippen molar-refractivity contribution in [3.8, 4) is 17.2 Å². The molecule has 2 aromatic heterocycles. The predicted molar refractivity (Wildman–Crippen MR) is 105 cm³/mol. The maximum atomic E-state index is 10.2. The van der Waals surface area contributed by atoms with Crippen molar-refractivity contribution >= 4 is 22.4 Å². The van der Waals surface area contributed by atoms with Gasteiger partial charge in [-0.3, -0.25) is 4.98 Å². The van der Waals surface area contributed by atoms with E-state index in [2.05, 4.69) is 20.3 Å². The lowest BCUT2D eigenvalue weighted by atomic mass is 10.2. The molecule has 4 rings (SSSR count). The number of hydrogen-bond donors (Lipinski definition) is 2. The van der Waals surface area contributed by atoms with Gasteiger partial charge in [0, 0.05) is 11.4 Å². The summed E-state index contributed by atoms with van der Waals surface area (Å²) in [5.74, 6) is 2.13. The van der Waals surface area contributed by atoms with Crippen LogP contribution in [-0.4, -0.2) is 20.1 Å². The molecule has 0 radical (unpaired) electrons. The van der Waals surface area contributed by atoms with Crippen LogP contribution in [0.15, 0.2) is 61.1 Å². The minimum atomic E-state index is 0.138. The summed E-state index contributed by atoms with van der Waals surface area (Å²) in [6.45, 7) is 3.90. The van der Waals surface area contributed by atoms with Crippen LogP contribution in [0.5, 0.6) is 17.2 Å². The van der Waals surface area contributed by atoms with Crippen molar-refractivity contribution in [2.24, 2.45) is 0 Å². The van der Waals surface area contributed by atoms with Gasteiger partial charge in [-0.15, -0.1) is 0 Å². The Bertz CT molecular complexity index is 1110. The van der Waals surface area contributed by atoms with E-state index in [0.717, 1.165) is 22.7 Å². The van der Waals surface area contributed by atoms with Crippen LogP contribution in [0.25, 0.3) is 10.9 Å². The Morgan fingerprint density at radius 3 is 2.63 bits per heavy atom. The molecule has 0 aliphatic heterocycles. The monoisotopic (exact) mass is 358 g/mol. The van der Waals surface area contributed by atoms with Gasteiger partial charge in [-0.1, -0.05) is 6.07 Å². The van der Waals surface area contributed by atoms with Crippen molar-refractivity contribution in [3.63, 3.8) is 0 Å². The first kappa shape index (κ1) is 16.8. The van der Waals surface area contributed by atoms with E-state index >= 15 is 0 Å². The van der Waals surface area contributed by atoms with E-state index in [9.17, 15) is 5.11 Å². The summed E-state index contributed by atoms with van der Waals surface area (Å²) in [6, 6.07) is 14.8. The lowest BCUT2D eigenvalue weighted by molar-refractivity contribution is 0.476. The zero-order chi connectivity index (χ0) is 18.8. The number of anilines is 2. The van der Waals surface area contributed by atoms with Crippen LogP contribution >= 0.6 is 0 Å². The van der Waals surface area contributed by atoms with Crippen LogP contribution in [0.3, 0.4) is 0 Å². The van der Waals surface area contributed by atoms with Gasteiger partial charge < -0.3 is 15.2 Å². The van der Waals surface area contributed by atoms with Crippen LogP contribution in [-0.2, 0) is 0 Å². The molecule has 6 nitrogen and oxygen atoms in total. The molecule has 6 heteroatoms. The summed E-state index contributed by atoms with van der Waals surface area (Å²) < 4.78 is 5.90.